The number of pyridine rings is 1. The molecule has 106 valence electrons. The van der Waals surface area contributed by atoms with Gasteiger partial charge in [-0.05, 0) is 37.1 Å². The first kappa shape index (κ1) is 14.1. The minimum atomic E-state index is -0.939. The number of aromatic nitrogens is 1. The van der Waals surface area contributed by atoms with E-state index in [-0.39, 0.29) is 0 Å². The van der Waals surface area contributed by atoms with Crippen LogP contribution in [-0.2, 0) is 5.60 Å². The Kier molecular flexibility index (Phi) is 3.44. The Morgan fingerprint density at radius 1 is 0.952 bits per heavy atom. The molecule has 1 aromatic heterocycles. The molecule has 0 spiro atoms. The summed E-state index contributed by atoms with van der Waals surface area (Å²) in [7, 11) is 0. The highest BCUT2D eigenvalue weighted by molar-refractivity contribution is 6.32. The molecule has 0 amide bonds. The monoisotopic (exact) mass is 297 g/mol. The Bertz CT molecular complexity index is 806. The lowest BCUT2D eigenvalue weighted by Crippen LogP contribution is -2.16. The lowest BCUT2D eigenvalue weighted by molar-refractivity contribution is 0.0792. The zero-order valence-electron chi connectivity index (χ0n) is 12.0. The van der Waals surface area contributed by atoms with Gasteiger partial charge in [0.05, 0.1) is 11.1 Å². The molecule has 0 radical (unpaired) electrons. The van der Waals surface area contributed by atoms with E-state index in [1.54, 1.807) is 13.8 Å². The van der Waals surface area contributed by atoms with E-state index in [0.717, 1.165) is 27.6 Å². The standard InChI is InChI=1S/C18H16ClNO/c1-18(2,21)15-9-5-4-8-13(15)14-11-12-7-3-6-10-16(12)20-17(14)19/h3-11,21H,1-2H3. The van der Waals surface area contributed by atoms with Crippen molar-refractivity contribution in [3.05, 3.63) is 65.3 Å². The van der Waals surface area contributed by atoms with Crippen molar-refractivity contribution >= 4 is 22.5 Å². The molecule has 2 nitrogen and oxygen atoms in total. The average Bonchev–Trinajstić information content (AvgIpc) is 2.45. The summed E-state index contributed by atoms with van der Waals surface area (Å²) in [6.07, 6.45) is 0. The van der Waals surface area contributed by atoms with Crippen LogP contribution in [0.15, 0.2) is 54.6 Å². The van der Waals surface area contributed by atoms with Gasteiger partial charge in [-0.1, -0.05) is 54.1 Å². The van der Waals surface area contributed by atoms with Crippen molar-refractivity contribution in [1.29, 1.82) is 0 Å². The molecule has 0 aliphatic heterocycles. The van der Waals surface area contributed by atoms with Crippen molar-refractivity contribution in [1.82, 2.24) is 4.98 Å². The van der Waals surface area contributed by atoms with Crippen LogP contribution in [0.1, 0.15) is 19.4 Å². The van der Waals surface area contributed by atoms with Crippen LogP contribution in [0, 0.1) is 0 Å². The fraction of sp³-hybridized carbons (Fsp3) is 0.167. The van der Waals surface area contributed by atoms with Crippen LogP contribution < -0.4 is 0 Å². The molecule has 1 heterocycles. The molecule has 2 aromatic carbocycles. The van der Waals surface area contributed by atoms with Gasteiger partial charge >= 0.3 is 0 Å². The van der Waals surface area contributed by atoms with Crippen molar-refractivity contribution in [2.75, 3.05) is 0 Å². The minimum Gasteiger partial charge on any atom is -0.386 e. The SMILES string of the molecule is CC(C)(O)c1ccccc1-c1cc2ccccc2nc1Cl. The highest BCUT2D eigenvalue weighted by Gasteiger charge is 2.21. The van der Waals surface area contributed by atoms with Crippen LogP contribution in [-0.4, -0.2) is 10.1 Å². The quantitative estimate of drug-likeness (QED) is 0.690. The molecule has 0 saturated carbocycles. The van der Waals surface area contributed by atoms with Crippen LogP contribution in [0.2, 0.25) is 5.15 Å². The van der Waals surface area contributed by atoms with Gasteiger partial charge in [-0.3, -0.25) is 0 Å². The van der Waals surface area contributed by atoms with Crippen molar-refractivity contribution in [3.63, 3.8) is 0 Å². The number of para-hydroxylation sites is 1. The van der Waals surface area contributed by atoms with E-state index < -0.39 is 5.60 Å². The molecule has 3 heteroatoms. The van der Waals surface area contributed by atoms with Gasteiger partial charge in [0, 0.05) is 10.9 Å². The van der Waals surface area contributed by atoms with E-state index in [9.17, 15) is 5.11 Å². The second-order valence-electron chi connectivity index (χ2n) is 5.62. The van der Waals surface area contributed by atoms with Crippen LogP contribution >= 0.6 is 11.6 Å². The fourth-order valence-electron chi connectivity index (χ4n) is 2.53. The summed E-state index contributed by atoms with van der Waals surface area (Å²) in [6.45, 7) is 3.54. The first-order chi connectivity index (χ1) is 9.97. The van der Waals surface area contributed by atoms with Gasteiger partial charge in [-0.2, -0.15) is 0 Å². The van der Waals surface area contributed by atoms with Gasteiger partial charge in [0.2, 0.25) is 0 Å². The van der Waals surface area contributed by atoms with Gasteiger partial charge in [-0.15, -0.1) is 0 Å². The summed E-state index contributed by atoms with van der Waals surface area (Å²) in [4.78, 5) is 4.46. The highest BCUT2D eigenvalue weighted by Crippen LogP contribution is 2.36. The number of aliphatic hydroxyl groups is 1. The van der Waals surface area contributed by atoms with E-state index in [2.05, 4.69) is 4.98 Å². The normalized spacial score (nSPS) is 11.8. The molecule has 0 unspecified atom stereocenters. The van der Waals surface area contributed by atoms with Crippen LogP contribution in [0.4, 0.5) is 0 Å². The number of nitrogens with zero attached hydrogens (tertiary/aromatic N) is 1. The Hall–Kier alpha value is -1.90. The summed E-state index contributed by atoms with van der Waals surface area (Å²) in [6, 6.07) is 17.6. The molecule has 0 atom stereocenters. The van der Waals surface area contributed by atoms with Gasteiger partial charge in [0.1, 0.15) is 5.15 Å². The largest absolute Gasteiger partial charge is 0.386 e. The van der Waals surface area contributed by atoms with Gasteiger partial charge in [-0.25, -0.2) is 4.98 Å². The fourth-order valence-corrected chi connectivity index (χ4v) is 2.78. The third kappa shape index (κ3) is 2.65. The van der Waals surface area contributed by atoms with E-state index >= 15 is 0 Å². The van der Waals surface area contributed by atoms with Crippen LogP contribution in [0.5, 0.6) is 0 Å². The van der Waals surface area contributed by atoms with Crippen molar-refractivity contribution < 1.29 is 5.11 Å². The number of benzene rings is 2. The smallest absolute Gasteiger partial charge is 0.137 e. The van der Waals surface area contributed by atoms with Gasteiger partial charge in [0.25, 0.3) is 0 Å². The molecule has 0 aliphatic rings. The summed E-state index contributed by atoms with van der Waals surface area (Å²) in [5.41, 5.74) is 2.52. The minimum absolute atomic E-state index is 0.449. The average molecular weight is 298 g/mol. The molecular formula is C18H16ClNO. The van der Waals surface area contributed by atoms with E-state index in [0.29, 0.717) is 5.15 Å². The maximum absolute atomic E-state index is 10.4. The highest BCUT2D eigenvalue weighted by atomic mass is 35.5. The summed E-state index contributed by atoms with van der Waals surface area (Å²) >= 11 is 6.37. The maximum Gasteiger partial charge on any atom is 0.137 e. The van der Waals surface area contributed by atoms with E-state index in [1.165, 1.54) is 0 Å². The third-order valence-corrected chi connectivity index (χ3v) is 3.84. The summed E-state index contributed by atoms with van der Waals surface area (Å²) in [5.74, 6) is 0. The number of halogens is 1. The van der Waals surface area contributed by atoms with Gasteiger partial charge < -0.3 is 5.11 Å². The molecule has 3 aromatic rings. The lowest BCUT2D eigenvalue weighted by atomic mass is 9.90. The second-order valence-corrected chi connectivity index (χ2v) is 5.98. The third-order valence-electron chi connectivity index (χ3n) is 3.55. The van der Waals surface area contributed by atoms with E-state index in [4.69, 9.17) is 11.6 Å². The van der Waals surface area contributed by atoms with Crippen LogP contribution in [0.3, 0.4) is 0 Å². The topological polar surface area (TPSA) is 33.1 Å². The molecule has 0 aliphatic carbocycles. The van der Waals surface area contributed by atoms with Crippen molar-refractivity contribution in [2.45, 2.75) is 19.4 Å². The summed E-state index contributed by atoms with van der Waals surface area (Å²) in [5, 5.41) is 11.9. The first-order valence-electron chi connectivity index (χ1n) is 6.84. The Morgan fingerprint density at radius 2 is 1.62 bits per heavy atom. The number of hydrogen-bond acceptors (Lipinski definition) is 2. The number of hydrogen-bond donors (Lipinski definition) is 1. The lowest BCUT2D eigenvalue weighted by Gasteiger charge is -2.22. The number of fused-ring (bicyclic) bond motifs is 1. The molecule has 0 bridgehead atoms. The second kappa shape index (κ2) is 5.14. The van der Waals surface area contributed by atoms with Crippen molar-refractivity contribution in [2.24, 2.45) is 0 Å². The summed E-state index contributed by atoms with van der Waals surface area (Å²) < 4.78 is 0. The predicted octanol–water partition coefficient (Wildman–Crippen LogP) is 4.78. The molecule has 21 heavy (non-hydrogen) atoms. The maximum atomic E-state index is 10.4. The zero-order valence-corrected chi connectivity index (χ0v) is 12.7. The molecule has 1 N–H and O–H groups in total. The first-order valence-corrected chi connectivity index (χ1v) is 7.22. The Balaban J connectivity index is 2.28. The van der Waals surface area contributed by atoms with E-state index in [1.807, 2.05) is 54.6 Å². The van der Waals surface area contributed by atoms with Gasteiger partial charge in [0.15, 0.2) is 0 Å². The molecular weight excluding hydrogens is 282 g/mol. The van der Waals surface area contributed by atoms with Crippen LogP contribution in [0.25, 0.3) is 22.0 Å². The molecule has 3 rings (SSSR count). The number of rotatable bonds is 2. The van der Waals surface area contributed by atoms with Crippen molar-refractivity contribution in [3.8, 4) is 11.1 Å². The zero-order chi connectivity index (χ0) is 15.0. The molecule has 0 saturated heterocycles. The Morgan fingerprint density at radius 3 is 2.38 bits per heavy atom. The predicted molar refractivity (Wildman–Crippen MR) is 87.4 cm³/mol. The molecule has 0 fully saturated rings. The Labute approximate surface area is 129 Å².